The molecule has 0 saturated carbocycles. The lowest BCUT2D eigenvalue weighted by atomic mass is 10.2. The van der Waals surface area contributed by atoms with Gasteiger partial charge in [0.15, 0.2) is 0 Å². The fraction of sp³-hybridized carbons (Fsp3) is 0.0667. The fourth-order valence-electron chi connectivity index (χ4n) is 1.75. The first-order chi connectivity index (χ1) is 10.2. The number of phenols is 1. The highest BCUT2D eigenvalue weighted by atomic mass is 32.2. The number of benzene rings is 2. The molecule has 0 spiro atoms. The zero-order valence-corrected chi connectivity index (χ0v) is 11.7. The lowest BCUT2D eigenvalue weighted by Crippen LogP contribution is -1.83. The highest BCUT2D eigenvalue weighted by molar-refractivity contribution is 7.98. The number of thioether (sulfide) groups is 1. The number of rotatable bonds is 4. The summed E-state index contributed by atoms with van der Waals surface area (Å²) in [5.41, 5.74) is 0.693. The molecule has 2 aromatic carbocycles. The zero-order valence-electron chi connectivity index (χ0n) is 10.9. The van der Waals surface area contributed by atoms with Crippen LogP contribution in [0.3, 0.4) is 0 Å². The first-order valence-corrected chi connectivity index (χ1v) is 7.20. The standard InChI is InChI=1S/C15H11FN2O2S/c16-11-7-5-10(6-8-11)15-17-14(20-18-15)9-21-13-4-2-1-3-12(13)19/h1-8,19H,9H2. The van der Waals surface area contributed by atoms with E-state index in [9.17, 15) is 9.50 Å². The minimum atomic E-state index is -0.308. The summed E-state index contributed by atoms with van der Waals surface area (Å²) in [6.07, 6.45) is 0. The van der Waals surface area contributed by atoms with E-state index in [0.29, 0.717) is 23.0 Å². The molecule has 0 unspecified atom stereocenters. The molecule has 3 rings (SSSR count). The number of phenolic OH excluding ortho intramolecular Hbond substituents is 1. The maximum atomic E-state index is 12.9. The van der Waals surface area contributed by atoms with E-state index < -0.39 is 0 Å². The van der Waals surface area contributed by atoms with E-state index in [1.54, 1.807) is 24.3 Å². The van der Waals surface area contributed by atoms with Gasteiger partial charge in [0.25, 0.3) is 0 Å². The number of hydrogen-bond donors (Lipinski definition) is 1. The van der Waals surface area contributed by atoms with Crippen LogP contribution in [0.5, 0.6) is 5.75 Å². The molecule has 3 aromatic rings. The molecule has 1 heterocycles. The first kappa shape index (κ1) is 13.6. The quantitative estimate of drug-likeness (QED) is 0.741. The van der Waals surface area contributed by atoms with Crippen LogP contribution in [-0.2, 0) is 5.75 Å². The number of nitrogens with zero attached hydrogens (tertiary/aromatic N) is 2. The van der Waals surface area contributed by atoms with Crippen molar-refractivity contribution < 1.29 is 14.0 Å². The van der Waals surface area contributed by atoms with E-state index in [-0.39, 0.29) is 11.6 Å². The molecule has 0 aliphatic heterocycles. The van der Waals surface area contributed by atoms with Gasteiger partial charge in [0, 0.05) is 10.5 Å². The second kappa shape index (κ2) is 5.97. The lowest BCUT2D eigenvalue weighted by Gasteiger charge is -2.00. The number of para-hydroxylation sites is 1. The minimum absolute atomic E-state index is 0.223. The number of aromatic nitrogens is 2. The van der Waals surface area contributed by atoms with Gasteiger partial charge in [-0.25, -0.2) is 4.39 Å². The van der Waals surface area contributed by atoms with E-state index in [2.05, 4.69) is 10.1 Å². The number of halogens is 1. The Hall–Kier alpha value is -2.34. The normalized spacial score (nSPS) is 10.7. The van der Waals surface area contributed by atoms with Crippen LogP contribution in [-0.4, -0.2) is 15.2 Å². The van der Waals surface area contributed by atoms with Crippen molar-refractivity contribution >= 4 is 11.8 Å². The third-order valence-corrected chi connectivity index (χ3v) is 3.83. The molecule has 21 heavy (non-hydrogen) atoms. The summed E-state index contributed by atoms with van der Waals surface area (Å²) in [5, 5.41) is 13.5. The fourth-order valence-corrected chi connectivity index (χ4v) is 2.54. The largest absolute Gasteiger partial charge is 0.507 e. The summed E-state index contributed by atoms with van der Waals surface area (Å²) in [7, 11) is 0. The maximum absolute atomic E-state index is 12.9. The monoisotopic (exact) mass is 302 g/mol. The summed E-state index contributed by atoms with van der Waals surface area (Å²) >= 11 is 1.40. The zero-order chi connectivity index (χ0) is 14.7. The van der Waals surface area contributed by atoms with Crippen LogP contribution in [0.25, 0.3) is 11.4 Å². The summed E-state index contributed by atoms with van der Waals surface area (Å²) in [4.78, 5) is 5.00. The Morgan fingerprint density at radius 3 is 2.62 bits per heavy atom. The molecule has 0 aliphatic carbocycles. The predicted molar refractivity (Wildman–Crippen MR) is 77.4 cm³/mol. The lowest BCUT2D eigenvalue weighted by molar-refractivity contribution is 0.391. The van der Waals surface area contributed by atoms with Crippen molar-refractivity contribution in [1.82, 2.24) is 10.1 Å². The Morgan fingerprint density at radius 1 is 1.10 bits per heavy atom. The van der Waals surface area contributed by atoms with Gasteiger partial charge in [0.2, 0.25) is 11.7 Å². The van der Waals surface area contributed by atoms with Crippen LogP contribution in [0.1, 0.15) is 5.89 Å². The van der Waals surface area contributed by atoms with Crippen molar-refractivity contribution in [3.05, 3.63) is 60.2 Å². The molecule has 0 atom stereocenters. The van der Waals surface area contributed by atoms with Crippen molar-refractivity contribution in [2.45, 2.75) is 10.6 Å². The molecule has 0 saturated heterocycles. The van der Waals surface area contributed by atoms with Gasteiger partial charge in [-0.05, 0) is 36.4 Å². The van der Waals surface area contributed by atoms with Crippen molar-refractivity contribution in [3.63, 3.8) is 0 Å². The Labute approximate surface area is 124 Å². The van der Waals surface area contributed by atoms with Gasteiger partial charge in [0.1, 0.15) is 11.6 Å². The smallest absolute Gasteiger partial charge is 0.237 e. The van der Waals surface area contributed by atoms with Gasteiger partial charge in [-0.15, -0.1) is 11.8 Å². The van der Waals surface area contributed by atoms with Gasteiger partial charge in [-0.3, -0.25) is 0 Å². The van der Waals surface area contributed by atoms with E-state index >= 15 is 0 Å². The van der Waals surface area contributed by atoms with Gasteiger partial charge < -0.3 is 9.63 Å². The summed E-state index contributed by atoms with van der Waals surface area (Å²) in [6, 6.07) is 12.9. The topological polar surface area (TPSA) is 59.2 Å². The number of aromatic hydroxyl groups is 1. The molecule has 0 amide bonds. The van der Waals surface area contributed by atoms with E-state index in [1.165, 1.54) is 23.9 Å². The molecule has 0 bridgehead atoms. The molecule has 4 nitrogen and oxygen atoms in total. The molecule has 0 aliphatic rings. The average Bonchev–Trinajstić information content (AvgIpc) is 2.96. The Morgan fingerprint density at radius 2 is 1.86 bits per heavy atom. The van der Waals surface area contributed by atoms with Crippen molar-refractivity contribution in [2.75, 3.05) is 0 Å². The second-order valence-corrected chi connectivity index (χ2v) is 5.29. The second-order valence-electron chi connectivity index (χ2n) is 4.28. The molecule has 0 fully saturated rings. The third-order valence-electron chi connectivity index (χ3n) is 2.79. The van der Waals surface area contributed by atoms with Crippen LogP contribution >= 0.6 is 11.8 Å². The Balaban J connectivity index is 1.71. The Bertz CT molecular complexity index is 743. The molecule has 1 N–H and O–H groups in total. The van der Waals surface area contributed by atoms with E-state index in [0.717, 1.165) is 4.90 Å². The molecule has 106 valence electrons. The minimum Gasteiger partial charge on any atom is -0.507 e. The molecule has 6 heteroatoms. The highest BCUT2D eigenvalue weighted by Gasteiger charge is 2.10. The Kier molecular flexibility index (Phi) is 3.87. The van der Waals surface area contributed by atoms with E-state index in [1.807, 2.05) is 12.1 Å². The number of hydrogen-bond acceptors (Lipinski definition) is 5. The van der Waals surface area contributed by atoms with Crippen LogP contribution in [0.4, 0.5) is 4.39 Å². The van der Waals surface area contributed by atoms with Crippen LogP contribution in [0.15, 0.2) is 57.9 Å². The molecular formula is C15H11FN2O2S. The molecule has 1 aromatic heterocycles. The maximum Gasteiger partial charge on any atom is 0.237 e. The first-order valence-electron chi connectivity index (χ1n) is 6.22. The van der Waals surface area contributed by atoms with Gasteiger partial charge >= 0.3 is 0 Å². The van der Waals surface area contributed by atoms with Crippen LogP contribution in [0, 0.1) is 5.82 Å². The third kappa shape index (κ3) is 3.22. The summed E-state index contributed by atoms with van der Waals surface area (Å²) in [6.45, 7) is 0. The van der Waals surface area contributed by atoms with Crippen LogP contribution < -0.4 is 0 Å². The van der Waals surface area contributed by atoms with Crippen LogP contribution in [0.2, 0.25) is 0 Å². The average molecular weight is 302 g/mol. The van der Waals surface area contributed by atoms with E-state index in [4.69, 9.17) is 4.52 Å². The molecule has 0 radical (unpaired) electrons. The van der Waals surface area contributed by atoms with Crippen molar-refractivity contribution in [1.29, 1.82) is 0 Å². The van der Waals surface area contributed by atoms with Gasteiger partial charge in [-0.1, -0.05) is 17.3 Å². The predicted octanol–water partition coefficient (Wildman–Crippen LogP) is 3.87. The summed E-state index contributed by atoms with van der Waals surface area (Å²) in [5.74, 6) is 1.23. The van der Waals surface area contributed by atoms with Crippen molar-refractivity contribution in [2.24, 2.45) is 0 Å². The van der Waals surface area contributed by atoms with Gasteiger partial charge in [-0.2, -0.15) is 4.98 Å². The summed E-state index contributed by atoms with van der Waals surface area (Å²) < 4.78 is 18.0. The van der Waals surface area contributed by atoms with Gasteiger partial charge in [0.05, 0.1) is 5.75 Å². The molecular weight excluding hydrogens is 291 g/mol. The van der Waals surface area contributed by atoms with Crippen molar-refractivity contribution in [3.8, 4) is 17.1 Å². The SMILES string of the molecule is Oc1ccccc1SCc1nc(-c2ccc(F)cc2)no1. The highest BCUT2D eigenvalue weighted by Crippen LogP contribution is 2.30.